The Balaban J connectivity index is 2.85. The molecule has 0 aliphatic heterocycles. The van der Waals surface area contributed by atoms with Gasteiger partial charge in [-0.15, -0.1) is 0 Å². The van der Waals surface area contributed by atoms with E-state index in [0.29, 0.717) is 11.8 Å². The molecule has 0 saturated carbocycles. The SMILES string of the molecule is CC(C(=O)O)c1cnc(N(C)C)o1. The van der Waals surface area contributed by atoms with Gasteiger partial charge < -0.3 is 14.4 Å². The third kappa shape index (κ3) is 1.99. The molecule has 0 fully saturated rings. The van der Waals surface area contributed by atoms with Crippen LogP contribution in [-0.4, -0.2) is 30.2 Å². The fourth-order valence-electron chi connectivity index (χ4n) is 0.806. The number of anilines is 1. The standard InChI is InChI=1S/C8H12N2O3/c1-5(7(11)12)6-4-9-8(13-6)10(2)3/h4-5H,1-3H3,(H,11,12). The summed E-state index contributed by atoms with van der Waals surface area (Å²) < 4.78 is 5.20. The van der Waals surface area contributed by atoms with Crippen molar-refractivity contribution in [3.63, 3.8) is 0 Å². The molecule has 1 atom stereocenters. The maximum Gasteiger partial charge on any atom is 0.313 e. The molecule has 0 amide bonds. The van der Waals surface area contributed by atoms with E-state index < -0.39 is 11.9 Å². The van der Waals surface area contributed by atoms with Gasteiger partial charge in [0.25, 0.3) is 6.01 Å². The van der Waals surface area contributed by atoms with Crippen LogP contribution in [0.25, 0.3) is 0 Å². The molecule has 0 aromatic carbocycles. The van der Waals surface area contributed by atoms with E-state index in [2.05, 4.69) is 4.98 Å². The third-order valence-corrected chi connectivity index (χ3v) is 1.69. The molecule has 1 N–H and O–H groups in total. The van der Waals surface area contributed by atoms with Gasteiger partial charge in [0.15, 0.2) is 0 Å². The van der Waals surface area contributed by atoms with E-state index in [9.17, 15) is 4.79 Å². The lowest BCUT2D eigenvalue weighted by atomic mass is 10.1. The maximum atomic E-state index is 10.6. The first-order valence-corrected chi connectivity index (χ1v) is 3.88. The van der Waals surface area contributed by atoms with Gasteiger partial charge in [0.2, 0.25) is 0 Å². The number of carboxylic acid groups (broad SMARTS) is 1. The van der Waals surface area contributed by atoms with Crippen LogP contribution in [0.5, 0.6) is 0 Å². The number of nitrogens with zero attached hydrogens (tertiary/aromatic N) is 2. The van der Waals surface area contributed by atoms with E-state index in [1.807, 2.05) is 0 Å². The van der Waals surface area contributed by atoms with Crippen molar-refractivity contribution in [2.75, 3.05) is 19.0 Å². The molecule has 1 aromatic rings. The molecule has 13 heavy (non-hydrogen) atoms. The molecule has 1 unspecified atom stereocenters. The molecule has 0 aliphatic carbocycles. The summed E-state index contributed by atoms with van der Waals surface area (Å²) in [5.41, 5.74) is 0. The van der Waals surface area contributed by atoms with Crippen molar-refractivity contribution in [1.82, 2.24) is 4.98 Å². The van der Waals surface area contributed by atoms with Gasteiger partial charge >= 0.3 is 5.97 Å². The van der Waals surface area contributed by atoms with Crippen LogP contribution in [0.15, 0.2) is 10.6 Å². The number of carboxylic acids is 1. The second-order valence-corrected chi connectivity index (χ2v) is 3.00. The quantitative estimate of drug-likeness (QED) is 0.756. The van der Waals surface area contributed by atoms with E-state index in [-0.39, 0.29) is 0 Å². The predicted molar refractivity (Wildman–Crippen MR) is 46.9 cm³/mol. The lowest BCUT2D eigenvalue weighted by molar-refractivity contribution is -0.138. The number of hydrogen-bond acceptors (Lipinski definition) is 4. The minimum atomic E-state index is -0.915. The van der Waals surface area contributed by atoms with E-state index >= 15 is 0 Å². The van der Waals surface area contributed by atoms with Gasteiger partial charge in [0.1, 0.15) is 11.7 Å². The van der Waals surface area contributed by atoms with Gasteiger partial charge in [-0.1, -0.05) is 0 Å². The third-order valence-electron chi connectivity index (χ3n) is 1.69. The number of hydrogen-bond donors (Lipinski definition) is 1. The van der Waals surface area contributed by atoms with E-state index in [0.717, 1.165) is 0 Å². The fourth-order valence-corrected chi connectivity index (χ4v) is 0.806. The van der Waals surface area contributed by atoms with Gasteiger partial charge in [0.05, 0.1) is 6.20 Å². The summed E-state index contributed by atoms with van der Waals surface area (Å²) >= 11 is 0. The van der Waals surface area contributed by atoms with Crippen LogP contribution in [0.1, 0.15) is 18.6 Å². The molecule has 1 heterocycles. The molecule has 5 heteroatoms. The molecular formula is C8H12N2O3. The van der Waals surface area contributed by atoms with Crippen LogP contribution in [0.4, 0.5) is 6.01 Å². The number of carbonyl (C=O) groups is 1. The lowest BCUT2D eigenvalue weighted by Crippen LogP contribution is -2.09. The molecule has 72 valence electrons. The minimum Gasteiger partial charge on any atom is -0.481 e. The molecule has 0 spiro atoms. The Hall–Kier alpha value is -1.52. The number of aromatic nitrogens is 1. The number of oxazole rings is 1. The summed E-state index contributed by atoms with van der Waals surface area (Å²) in [6.07, 6.45) is 1.44. The molecule has 0 bridgehead atoms. The van der Waals surface area contributed by atoms with Crippen molar-refractivity contribution in [2.24, 2.45) is 0 Å². The second kappa shape index (κ2) is 3.47. The Kier molecular flexibility index (Phi) is 2.55. The highest BCUT2D eigenvalue weighted by molar-refractivity contribution is 5.74. The van der Waals surface area contributed by atoms with E-state index in [1.165, 1.54) is 6.20 Å². The summed E-state index contributed by atoms with van der Waals surface area (Å²) in [6.45, 7) is 1.56. The summed E-state index contributed by atoms with van der Waals surface area (Å²) in [5, 5.41) is 8.68. The van der Waals surface area contributed by atoms with Crippen LogP contribution in [0, 0.1) is 0 Å². The zero-order valence-electron chi connectivity index (χ0n) is 7.81. The van der Waals surface area contributed by atoms with Gasteiger partial charge in [-0.05, 0) is 6.92 Å². The van der Waals surface area contributed by atoms with Crippen molar-refractivity contribution in [2.45, 2.75) is 12.8 Å². The summed E-state index contributed by atoms with van der Waals surface area (Å²) in [5.74, 6) is -1.20. The Morgan fingerprint density at radius 3 is 2.69 bits per heavy atom. The number of aliphatic carboxylic acids is 1. The maximum absolute atomic E-state index is 10.6. The van der Waals surface area contributed by atoms with Crippen molar-refractivity contribution < 1.29 is 14.3 Å². The Morgan fingerprint density at radius 2 is 2.31 bits per heavy atom. The first-order valence-electron chi connectivity index (χ1n) is 3.88. The normalized spacial score (nSPS) is 12.5. The van der Waals surface area contributed by atoms with Crippen LogP contribution >= 0.6 is 0 Å². The first kappa shape index (κ1) is 9.57. The molecule has 0 radical (unpaired) electrons. The van der Waals surface area contributed by atoms with Gasteiger partial charge in [-0.3, -0.25) is 4.79 Å². The smallest absolute Gasteiger partial charge is 0.313 e. The molecule has 5 nitrogen and oxygen atoms in total. The lowest BCUT2D eigenvalue weighted by Gasteiger charge is -2.05. The van der Waals surface area contributed by atoms with Gasteiger partial charge in [0, 0.05) is 14.1 Å². The van der Waals surface area contributed by atoms with E-state index in [1.54, 1.807) is 25.9 Å². The Morgan fingerprint density at radius 1 is 1.69 bits per heavy atom. The average Bonchev–Trinajstić information content (AvgIpc) is 2.50. The summed E-state index contributed by atoms with van der Waals surface area (Å²) in [7, 11) is 3.56. The molecule has 0 saturated heterocycles. The second-order valence-electron chi connectivity index (χ2n) is 3.00. The highest BCUT2D eigenvalue weighted by atomic mass is 16.4. The van der Waals surface area contributed by atoms with Crippen LogP contribution in [0.2, 0.25) is 0 Å². The Labute approximate surface area is 76.0 Å². The highest BCUT2D eigenvalue weighted by Crippen LogP contribution is 2.19. The predicted octanol–water partition coefficient (Wildman–Crippen LogP) is 0.929. The molecule has 1 aromatic heterocycles. The monoisotopic (exact) mass is 184 g/mol. The molecule has 0 aliphatic rings. The van der Waals surface area contributed by atoms with Crippen molar-refractivity contribution in [3.8, 4) is 0 Å². The van der Waals surface area contributed by atoms with Crippen LogP contribution in [0.3, 0.4) is 0 Å². The van der Waals surface area contributed by atoms with Gasteiger partial charge in [-0.25, -0.2) is 4.98 Å². The van der Waals surface area contributed by atoms with Crippen LogP contribution < -0.4 is 4.90 Å². The first-order chi connectivity index (χ1) is 6.02. The largest absolute Gasteiger partial charge is 0.481 e. The topological polar surface area (TPSA) is 66.6 Å². The zero-order valence-corrected chi connectivity index (χ0v) is 7.81. The zero-order chi connectivity index (χ0) is 10.0. The minimum absolute atomic E-state index is 0.371. The van der Waals surface area contributed by atoms with Crippen molar-refractivity contribution in [1.29, 1.82) is 0 Å². The summed E-state index contributed by atoms with van der Waals surface area (Å²) in [6, 6.07) is 0.420. The van der Waals surface area contributed by atoms with Gasteiger partial charge in [-0.2, -0.15) is 0 Å². The van der Waals surface area contributed by atoms with Crippen molar-refractivity contribution >= 4 is 12.0 Å². The van der Waals surface area contributed by atoms with E-state index in [4.69, 9.17) is 9.52 Å². The molecular weight excluding hydrogens is 172 g/mol. The molecule has 1 rings (SSSR count). The number of rotatable bonds is 3. The highest BCUT2D eigenvalue weighted by Gasteiger charge is 2.18. The van der Waals surface area contributed by atoms with Crippen molar-refractivity contribution in [3.05, 3.63) is 12.0 Å². The average molecular weight is 184 g/mol. The van der Waals surface area contributed by atoms with Crippen LogP contribution in [-0.2, 0) is 4.79 Å². The summed E-state index contributed by atoms with van der Waals surface area (Å²) in [4.78, 5) is 16.2. The Bertz CT molecular complexity index is 306. The fraction of sp³-hybridized carbons (Fsp3) is 0.500.